The Kier molecular flexibility index (Phi) is 8.68. The molecular formula is C26H35N3O3. The number of pyridine rings is 1. The van der Waals surface area contributed by atoms with Gasteiger partial charge >= 0.3 is 0 Å². The number of hydrogen-bond donors (Lipinski definition) is 0. The lowest BCUT2D eigenvalue weighted by Crippen LogP contribution is -2.45. The molecule has 1 aliphatic rings. The summed E-state index contributed by atoms with van der Waals surface area (Å²) in [6.07, 6.45) is 8.35. The Morgan fingerprint density at radius 1 is 1.22 bits per heavy atom. The van der Waals surface area contributed by atoms with Crippen LogP contribution in [0.1, 0.15) is 37.9 Å². The van der Waals surface area contributed by atoms with Crippen molar-refractivity contribution in [2.45, 2.75) is 45.3 Å². The average molecular weight is 438 g/mol. The number of carbonyl (C=O) groups excluding carboxylic acids is 1. The van der Waals surface area contributed by atoms with Crippen LogP contribution in [-0.4, -0.2) is 66.6 Å². The molecule has 2 heterocycles. The maximum absolute atomic E-state index is 12.7. The van der Waals surface area contributed by atoms with Gasteiger partial charge in [-0.3, -0.25) is 9.78 Å². The average Bonchev–Trinajstić information content (AvgIpc) is 2.82. The molecule has 1 amide bonds. The molecular weight excluding hydrogens is 402 g/mol. The number of piperidine rings is 1. The number of likely N-dealkylation sites (N-methyl/N-ethyl adjacent to an activating group) is 1. The van der Waals surface area contributed by atoms with Crippen molar-refractivity contribution in [3.63, 3.8) is 0 Å². The second kappa shape index (κ2) is 11.7. The van der Waals surface area contributed by atoms with Crippen molar-refractivity contribution in [1.82, 2.24) is 14.8 Å². The van der Waals surface area contributed by atoms with Crippen LogP contribution in [-0.2, 0) is 11.2 Å². The standard InChI is InChI=1S/C26H35N3O3/c1-20(2)32-24-10-8-21(19-25(24)31-4)9-11-26(30)28(3)23-13-17-29(18-14-23)16-12-22-7-5-6-15-27-22/h5-11,15,19-20,23H,12-14,16-18H2,1-4H3. The van der Waals surface area contributed by atoms with E-state index in [1.165, 1.54) is 0 Å². The number of carbonyl (C=O) groups is 1. The number of amides is 1. The van der Waals surface area contributed by atoms with Crippen LogP contribution in [0.4, 0.5) is 0 Å². The first-order chi connectivity index (χ1) is 15.5. The zero-order valence-corrected chi connectivity index (χ0v) is 19.7. The summed E-state index contributed by atoms with van der Waals surface area (Å²) in [4.78, 5) is 21.5. The molecule has 1 saturated heterocycles. The first-order valence-corrected chi connectivity index (χ1v) is 11.4. The Balaban J connectivity index is 1.49. The fourth-order valence-corrected chi connectivity index (χ4v) is 3.95. The van der Waals surface area contributed by atoms with Gasteiger partial charge in [-0.2, -0.15) is 0 Å². The van der Waals surface area contributed by atoms with Gasteiger partial charge in [-0.05, 0) is 62.6 Å². The van der Waals surface area contributed by atoms with Crippen LogP contribution in [0, 0.1) is 0 Å². The number of likely N-dealkylation sites (tertiary alicyclic amines) is 1. The van der Waals surface area contributed by atoms with E-state index in [1.54, 1.807) is 13.2 Å². The normalized spacial score (nSPS) is 15.3. The van der Waals surface area contributed by atoms with E-state index in [-0.39, 0.29) is 18.1 Å². The molecule has 1 fully saturated rings. The Hall–Kier alpha value is -2.86. The van der Waals surface area contributed by atoms with Gasteiger partial charge in [-0.1, -0.05) is 12.1 Å². The molecule has 0 bridgehead atoms. The Labute approximate surface area is 191 Å². The van der Waals surface area contributed by atoms with Crippen LogP contribution in [0.25, 0.3) is 6.08 Å². The first kappa shape index (κ1) is 23.8. The lowest BCUT2D eigenvalue weighted by Gasteiger charge is -2.36. The largest absolute Gasteiger partial charge is 0.493 e. The van der Waals surface area contributed by atoms with Crippen LogP contribution in [0.2, 0.25) is 0 Å². The highest BCUT2D eigenvalue weighted by Crippen LogP contribution is 2.29. The van der Waals surface area contributed by atoms with Gasteiger partial charge < -0.3 is 19.3 Å². The van der Waals surface area contributed by atoms with Crippen molar-refractivity contribution in [1.29, 1.82) is 0 Å². The Morgan fingerprint density at radius 3 is 2.66 bits per heavy atom. The minimum atomic E-state index is 0.0263. The second-order valence-electron chi connectivity index (χ2n) is 8.50. The van der Waals surface area contributed by atoms with E-state index >= 15 is 0 Å². The van der Waals surface area contributed by atoms with Crippen LogP contribution in [0.5, 0.6) is 11.5 Å². The van der Waals surface area contributed by atoms with E-state index in [9.17, 15) is 4.79 Å². The zero-order valence-electron chi connectivity index (χ0n) is 19.7. The lowest BCUT2D eigenvalue weighted by atomic mass is 10.0. The smallest absolute Gasteiger partial charge is 0.246 e. The fourth-order valence-electron chi connectivity index (χ4n) is 3.95. The van der Waals surface area contributed by atoms with E-state index in [1.807, 2.05) is 68.4 Å². The van der Waals surface area contributed by atoms with Gasteiger partial charge in [0, 0.05) is 57.1 Å². The molecule has 32 heavy (non-hydrogen) atoms. The number of aromatic nitrogens is 1. The molecule has 6 heteroatoms. The molecule has 0 atom stereocenters. The molecule has 0 spiro atoms. The van der Waals surface area contributed by atoms with Crippen LogP contribution < -0.4 is 9.47 Å². The summed E-state index contributed by atoms with van der Waals surface area (Å²) in [6.45, 7) is 6.99. The van der Waals surface area contributed by atoms with Crippen LogP contribution in [0.15, 0.2) is 48.7 Å². The minimum Gasteiger partial charge on any atom is -0.493 e. The third-order valence-electron chi connectivity index (χ3n) is 5.83. The van der Waals surface area contributed by atoms with Crippen LogP contribution >= 0.6 is 0 Å². The summed E-state index contributed by atoms with van der Waals surface area (Å²) in [7, 11) is 3.53. The van der Waals surface area contributed by atoms with E-state index in [4.69, 9.17) is 9.47 Å². The maximum Gasteiger partial charge on any atom is 0.246 e. The third-order valence-corrected chi connectivity index (χ3v) is 5.83. The van der Waals surface area contributed by atoms with E-state index in [2.05, 4.69) is 16.0 Å². The number of benzene rings is 1. The van der Waals surface area contributed by atoms with Gasteiger partial charge in [0.1, 0.15) is 0 Å². The number of ether oxygens (including phenoxy) is 2. The van der Waals surface area contributed by atoms with Gasteiger partial charge in [-0.15, -0.1) is 0 Å². The van der Waals surface area contributed by atoms with Crippen molar-refractivity contribution < 1.29 is 14.3 Å². The highest BCUT2D eigenvalue weighted by molar-refractivity contribution is 5.91. The number of methoxy groups -OCH3 is 1. The van der Waals surface area contributed by atoms with Crippen molar-refractivity contribution >= 4 is 12.0 Å². The molecule has 0 unspecified atom stereocenters. The van der Waals surface area contributed by atoms with Crippen molar-refractivity contribution in [3.8, 4) is 11.5 Å². The molecule has 2 aromatic rings. The number of hydrogen-bond acceptors (Lipinski definition) is 5. The summed E-state index contributed by atoms with van der Waals surface area (Å²) in [5, 5.41) is 0. The fraction of sp³-hybridized carbons (Fsp3) is 0.462. The lowest BCUT2D eigenvalue weighted by molar-refractivity contribution is -0.127. The third kappa shape index (κ3) is 6.82. The highest BCUT2D eigenvalue weighted by atomic mass is 16.5. The maximum atomic E-state index is 12.7. The molecule has 1 aromatic carbocycles. The molecule has 0 saturated carbocycles. The predicted octanol–water partition coefficient (Wildman–Crippen LogP) is 4.06. The monoisotopic (exact) mass is 437 g/mol. The van der Waals surface area contributed by atoms with E-state index < -0.39 is 0 Å². The SMILES string of the molecule is COc1cc(C=CC(=O)N(C)C2CCN(CCc3ccccn3)CC2)ccc1OC(C)C. The number of nitrogens with zero attached hydrogens (tertiary/aromatic N) is 3. The second-order valence-corrected chi connectivity index (χ2v) is 8.50. The van der Waals surface area contributed by atoms with Crippen molar-refractivity contribution in [3.05, 3.63) is 59.9 Å². The zero-order chi connectivity index (χ0) is 22.9. The minimum absolute atomic E-state index is 0.0263. The van der Waals surface area contributed by atoms with Crippen molar-refractivity contribution in [2.75, 3.05) is 33.8 Å². The topological polar surface area (TPSA) is 54.9 Å². The quantitative estimate of drug-likeness (QED) is 0.554. The molecule has 0 N–H and O–H groups in total. The summed E-state index contributed by atoms with van der Waals surface area (Å²) in [5.41, 5.74) is 2.04. The molecule has 0 aliphatic carbocycles. The molecule has 1 aliphatic heterocycles. The molecule has 172 valence electrons. The van der Waals surface area contributed by atoms with Crippen molar-refractivity contribution in [2.24, 2.45) is 0 Å². The molecule has 3 rings (SSSR count). The Morgan fingerprint density at radius 2 is 2.00 bits per heavy atom. The summed E-state index contributed by atoms with van der Waals surface area (Å²) < 4.78 is 11.2. The first-order valence-electron chi connectivity index (χ1n) is 11.4. The van der Waals surface area contributed by atoms with Gasteiger partial charge in [0.25, 0.3) is 0 Å². The van der Waals surface area contributed by atoms with E-state index in [0.29, 0.717) is 11.5 Å². The molecule has 0 radical (unpaired) electrons. The molecule has 6 nitrogen and oxygen atoms in total. The van der Waals surface area contributed by atoms with Gasteiger partial charge in [-0.25, -0.2) is 0 Å². The van der Waals surface area contributed by atoms with Gasteiger partial charge in [0.2, 0.25) is 5.91 Å². The summed E-state index contributed by atoms with van der Waals surface area (Å²) >= 11 is 0. The van der Waals surface area contributed by atoms with Crippen LogP contribution in [0.3, 0.4) is 0 Å². The Bertz CT molecular complexity index is 890. The molecule has 1 aromatic heterocycles. The highest BCUT2D eigenvalue weighted by Gasteiger charge is 2.24. The van der Waals surface area contributed by atoms with Gasteiger partial charge in [0.05, 0.1) is 13.2 Å². The predicted molar refractivity (Wildman–Crippen MR) is 128 cm³/mol. The summed E-state index contributed by atoms with van der Waals surface area (Å²) in [5.74, 6) is 1.40. The summed E-state index contributed by atoms with van der Waals surface area (Å²) in [6, 6.07) is 12.0. The number of rotatable bonds is 9. The van der Waals surface area contributed by atoms with Gasteiger partial charge in [0.15, 0.2) is 11.5 Å². The van der Waals surface area contributed by atoms with E-state index in [0.717, 1.165) is 50.2 Å².